The van der Waals surface area contributed by atoms with Gasteiger partial charge in [0.15, 0.2) is 11.9 Å². The molecule has 2 rings (SSSR count). The molecule has 0 amide bonds. The van der Waals surface area contributed by atoms with E-state index in [9.17, 15) is 9.59 Å². The Hall–Kier alpha value is -1.40. The average molecular weight is 242 g/mol. The van der Waals surface area contributed by atoms with E-state index < -0.39 is 23.8 Å². The fourth-order valence-corrected chi connectivity index (χ4v) is 1.72. The highest BCUT2D eigenvalue weighted by atomic mass is 16.8. The largest absolute Gasteiger partial charge is 0.449 e. The van der Waals surface area contributed by atoms with Crippen molar-refractivity contribution in [3.8, 4) is 0 Å². The highest BCUT2D eigenvalue weighted by Crippen LogP contribution is 2.29. The van der Waals surface area contributed by atoms with Gasteiger partial charge in [-0.3, -0.25) is 4.79 Å². The molecule has 0 aromatic heterocycles. The van der Waals surface area contributed by atoms with Gasteiger partial charge in [0.2, 0.25) is 5.76 Å². The molecular weight excluding hydrogens is 228 g/mol. The Morgan fingerprint density at radius 2 is 2.24 bits per heavy atom. The fraction of sp³-hybridized carbons (Fsp3) is 0.636. The summed E-state index contributed by atoms with van der Waals surface area (Å²) in [5.41, 5.74) is 0. The Balaban J connectivity index is 2.03. The molecule has 0 spiro atoms. The third-order valence-corrected chi connectivity index (χ3v) is 2.41. The predicted molar refractivity (Wildman–Crippen MR) is 54.6 cm³/mol. The lowest BCUT2D eigenvalue weighted by atomic mass is 10.2. The summed E-state index contributed by atoms with van der Waals surface area (Å²) in [5.74, 6) is -1.98. The van der Waals surface area contributed by atoms with Crippen molar-refractivity contribution < 1.29 is 28.5 Å². The standard InChI is InChI=1S/C11H14O6/c1-6(12)15-8-4-7(16-10(8)13)9-5-14-11(2,3)17-9/h4,7,9H,5H2,1-3H3. The number of hydrogen-bond acceptors (Lipinski definition) is 6. The molecule has 2 atom stereocenters. The molecule has 0 bridgehead atoms. The molecule has 2 unspecified atom stereocenters. The molecule has 0 aromatic carbocycles. The van der Waals surface area contributed by atoms with Gasteiger partial charge in [-0.2, -0.15) is 0 Å². The molecule has 2 heterocycles. The Labute approximate surface area is 98.5 Å². The van der Waals surface area contributed by atoms with E-state index in [0.717, 1.165) is 0 Å². The maximum atomic E-state index is 11.4. The van der Waals surface area contributed by atoms with E-state index in [4.69, 9.17) is 18.9 Å². The molecular formula is C11H14O6. The van der Waals surface area contributed by atoms with Gasteiger partial charge in [-0.25, -0.2) is 4.79 Å². The summed E-state index contributed by atoms with van der Waals surface area (Å²) in [5, 5.41) is 0. The van der Waals surface area contributed by atoms with Crippen molar-refractivity contribution in [2.24, 2.45) is 0 Å². The summed E-state index contributed by atoms with van der Waals surface area (Å²) < 4.78 is 20.7. The van der Waals surface area contributed by atoms with E-state index >= 15 is 0 Å². The van der Waals surface area contributed by atoms with Gasteiger partial charge in [-0.05, 0) is 13.8 Å². The van der Waals surface area contributed by atoms with E-state index in [1.54, 1.807) is 13.8 Å². The minimum absolute atomic E-state index is 0.0872. The molecule has 94 valence electrons. The van der Waals surface area contributed by atoms with E-state index in [1.807, 2.05) is 0 Å². The number of rotatable bonds is 2. The van der Waals surface area contributed by atoms with Crippen LogP contribution in [0.3, 0.4) is 0 Å². The van der Waals surface area contributed by atoms with E-state index in [0.29, 0.717) is 6.61 Å². The van der Waals surface area contributed by atoms with Crippen molar-refractivity contribution in [2.45, 2.75) is 38.8 Å². The summed E-state index contributed by atoms with van der Waals surface area (Å²) in [4.78, 5) is 22.1. The van der Waals surface area contributed by atoms with Gasteiger partial charge in [0.1, 0.15) is 6.10 Å². The maximum Gasteiger partial charge on any atom is 0.374 e. The van der Waals surface area contributed by atoms with Crippen molar-refractivity contribution in [3.05, 3.63) is 11.8 Å². The molecule has 2 aliphatic rings. The topological polar surface area (TPSA) is 71.1 Å². The molecule has 0 N–H and O–H groups in total. The Kier molecular flexibility index (Phi) is 2.92. The number of carbonyl (C=O) groups is 2. The first-order chi connectivity index (χ1) is 7.87. The van der Waals surface area contributed by atoms with Gasteiger partial charge >= 0.3 is 11.9 Å². The van der Waals surface area contributed by atoms with Crippen LogP contribution in [0, 0.1) is 0 Å². The minimum Gasteiger partial charge on any atom is -0.449 e. The number of ether oxygens (including phenoxy) is 4. The second kappa shape index (κ2) is 4.12. The van der Waals surface area contributed by atoms with Crippen molar-refractivity contribution in [2.75, 3.05) is 6.61 Å². The Morgan fingerprint density at radius 3 is 2.76 bits per heavy atom. The summed E-state index contributed by atoms with van der Waals surface area (Å²) in [6.45, 7) is 5.11. The van der Waals surface area contributed by atoms with Gasteiger partial charge in [-0.15, -0.1) is 0 Å². The molecule has 17 heavy (non-hydrogen) atoms. The first-order valence-electron chi connectivity index (χ1n) is 5.30. The van der Waals surface area contributed by atoms with Crippen LogP contribution < -0.4 is 0 Å². The number of hydrogen-bond donors (Lipinski definition) is 0. The lowest BCUT2D eigenvalue weighted by Gasteiger charge is -2.19. The van der Waals surface area contributed by atoms with Crippen LogP contribution in [0.5, 0.6) is 0 Å². The Morgan fingerprint density at radius 1 is 1.53 bits per heavy atom. The number of esters is 2. The minimum atomic E-state index is -0.685. The van der Waals surface area contributed by atoms with Crippen LogP contribution in [-0.2, 0) is 28.5 Å². The van der Waals surface area contributed by atoms with Crippen LogP contribution in [0.15, 0.2) is 11.8 Å². The van der Waals surface area contributed by atoms with Crippen molar-refractivity contribution >= 4 is 11.9 Å². The second-order valence-electron chi connectivity index (χ2n) is 4.36. The van der Waals surface area contributed by atoms with Crippen molar-refractivity contribution in [3.63, 3.8) is 0 Å². The summed E-state index contributed by atoms with van der Waals surface area (Å²) in [7, 11) is 0. The molecule has 0 radical (unpaired) electrons. The average Bonchev–Trinajstić information content (AvgIpc) is 2.70. The number of cyclic esters (lactones) is 1. The summed E-state index contributed by atoms with van der Waals surface area (Å²) in [6, 6.07) is 0. The molecule has 1 fully saturated rings. The van der Waals surface area contributed by atoms with Crippen LogP contribution in [0.4, 0.5) is 0 Å². The fourth-order valence-electron chi connectivity index (χ4n) is 1.72. The van der Waals surface area contributed by atoms with Crippen LogP contribution in [-0.4, -0.2) is 36.5 Å². The maximum absolute atomic E-state index is 11.4. The lowest BCUT2D eigenvalue weighted by Crippen LogP contribution is -2.30. The van der Waals surface area contributed by atoms with Gasteiger partial charge in [0, 0.05) is 13.0 Å². The first-order valence-corrected chi connectivity index (χ1v) is 5.30. The SMILES string of the molecule is CC(=O)OC1=CC(C2COC(C)(C)O2)OC1=O. The molecule has 6 nitrogen and oxygen atoms in total. The van der Waals surface area contributed by atoms with Gasteiger partial charge < -0.3 is 18.9 Å². The zero-order valence-corrected chi connectivity index (χ0v) is 9.89. The molecule has 2 aliphatic heterocycles. The highest BCUT2D eigenvalue weighted by Gasteiger charge is 2.42. The van der Waals surface area contributed by atoms with Crippen molar-refractivity contribution in [1.82, 2.24) is 0 Å². The summed E-state index contributed by atoms with van der Waals surface area (Å²) >= 11 is 0. The molecule has 0 saturated carbocycles. The van der Waals surface area contributed by atoms with E-state index in [2.05, 4.69) is 0 Å². The van der Waals surface area contributed by atoms with Gasteiger partial charge in [0.05, 0.1) is 6.61 Å². The molecule has 6 heteroatoms. The number of carbonyl (C=O) groups excluding carboxylic acids is 2. The zero-order chi connectivity index (χ0) is 12.6. The van der Waals surface area contributed by atoms with Crippen LogP contribution in [0.2, 0.25) is 0 Å². The quantitative estimate of drug-likeness (QED) is 0.657. The highest BCUT2D eigenvalue weighted by molar-refractivity contribution is 5.91. The molecule has 1 saturated heterocycles. The van der Waals surface area contributed by atoms with Gasteiger partial charge in [0.25, 0.3) is 0 Å². The monoisotopic (exact) mass is 242 g/mol. The molecule has 0 aromatic rings. The normalized spacial score (nSPS) is 31.0. The zero-order valence-electron chi connectivity index (χ0n) is 9.89. The molecule has 0 aliphatic carbocycles. The van der Waals surface area contributed by atoms with E-state index in [-0.39, 0.29) is 11.9 Å². The third kappa shape index (κ3) is 2.65. The first kappa shape index (κ1) is 12.1. The van der Waals surface area contributed by atoms with Crippen LogP contribution in [0.25, 0.3) is 0 Å². The van der Waals surface area contributed by atoms with Gasteiger partial charge in [-0.1, -0.05) is 0 Å². The lowest BCUT2D eigenvalue weighted by molar-refractivity contribution is -0.162. The van der Waals surface area contributed by atoms with Crippen LogP contribution >= 0.6 is 0 Å². The predicted octanol–water partition coefficient (Wildman–Crippen LogP) is 0.510. The third-order valence-electron chi connectivity index (χ3n) is 2.41. The Bertz CT molecular complexity index is 383. The van der Waals surface area contributed by atoms with Crippen LogP contribution in [0.1, 0.15) is 20.8 Å². The second-order valence-corrected chi connectivity index (χ2v) is 4.36. The summed E-state index contributed by atoms with van der Waals surface area (Å²) in [6.07, 6.45) is 0.500. The van der Waals surface area contributed by atoms with E-state index in [1.165, 1.54) is 13.0 Å². The van der Waals surface area contributed by atoms with Crippen molar-refractivity contribution in [1.29, 1.82) is 0 Å². The smallest absolute Gasteiger partial charge is 0.374 e.